The molecule has 3 atom stereocenters. The quantitative estimate of drug-likeness (QED) is 0.577. The Morgan fingerprint density at radius 2 is 2.26 bits per heavy atom. The van der Waals surface area contributed by atoms with Gasteiger partial charge in [0.25, 0.3) is 0 Å². The van der Waals surface area contributed by atoms with E-state index in [1.807, 2.05) is 0 Å². The predicted octanol–water partition coefficient (Wildman–Crippen LogP) is -0.583. The zero-order chi connectivity index (χ0) is 13.6. The third-order valence-corrected chi connectivity index (χ3v) is 4.47. The van der Waals surface area contributed by atoms with E-state index in [0.717, 1.165) is 0 Å². The van der Waals surface area contributed by atoms with Crippen LogP contribution in [-0.4, -0.2) is 54.7 Å². The van der Waals surface area contributed by atoms with Gasteiger partial charge in [-0.05, 0) is 0 Å². The van der Waals surface area contributed by atoms with Gasteiger partial charge < -0.3 is 21.3 Å². The Morgan fingerprint density at radius 1 is 1.47 bits per heavy atom. The molecule has 102 valence electrons. The Morgan fingerprint density at radius 3 is 2.89 bits per heavy atom. The van der Waals surface area contributed by atoms with Gasteiger partial charge in [-0.3, -0.25) is 4.57 Å². The topological polar surface area (TPSA) is 122 Å². The highest BCUT2D eigenvalue weighted by molar-refractivity contribution is 7.99. The van der Waals surface area contributed by atoms with Crippen molar-refractivity contribution in [3.8, 4) is 0 Å². The average Bonchev–Trinajstić information content (AvgIpc) is 2.92. The summed E-state index contributed by atoms with van der Waals surface area (Å²) in [6.07, 6.45) is -0.264. The lowest BCUT2D eigenvalue weighted by molar-refractivity contribution is 0.0317. The minimum Gasteiger partial charge on any atom is -0.389 e. The number of fused-ring (bicyclic) bond motifs is 1. The zero-order valence-corrected chi connectivity index (χ0v) is 11.0. The van der Waals surface area contributed by atoms with E-state index in [1.54, 1.807) is 11.6 Å². The van der Waals surface area contributed by atoms with Gasteiger partial charge in [0, 0.05) is 12.8 Å². The summed E-state index contributed by atoms with van der Waals surface area (Å²) in [7, 11) is 1.73. The van der Waals surface area contributed by atoms with E-state index in [-0.39, 0.29) is 5.37 Å². The molecule has 0 aromatic carbocycles. The van der Waals surface area contributed by atoms with Crippen LogP contribution in [0.25, 0.3) is 11.2 Å². The number of nitrogens with one attached hydrogen (secondary N) is 1. The first-order valence-electron chi connectivity index (χ1n) is 5.77. The fourth-order valence-corrected chi connectivity index (χ4v) is 3.47. The Kier molecular flexibility index (Phi) is 2.96. The van der Waals surface area contributed by atoms with Gasteiger partial charge in [-0.25, -0.2) is 15.0 Å². The molecule has 3 heterocycles. The van der Waals surface area contributed by atoms with Gasteiger partial charge in [-0.2, -0.15) is 0 Å². The molecule has 1 aliphatic rings. The SMILES string of the molecule is CNc1nc2c(N)ncnc2n1[C@@H]1SC[C@@H](O)[C@H]1O. The molecule has 1 fully saturated rings. The molecular weight excluding hydrogens is 268 g/mol. The van der Waals surface area contributed by atoms with Gasteiger partial charge in [-0.1, -0.05) is 0 Å². The number of hydrogen-bond donors (Lipinski definition) is 4. The summed E-state index contributed by atoms with van der Waals surface area (Å²) in [6.45, 7) is 0. The molecule has 1 aliphatic heterocycles. The minimum absolute atomic E-state index is 0.290. The summed E-state index contributed by atoms with van der Waals surface area (Å²) in [4.78, 5) is 12.4. The Balaban J connectivity index is 2.19. The van der Waals surface area contributed by atoms with Crippen LogP contribution >= 0.6 is 11.8 Å². The number of hydrogen-bond acceptors (Lipinski definition) is 8. The molecule has 0 unspecified atom stereocenters. The standard InChI is InChI=1S/C10H14N6O2S/c1-12-10-15-5-7(11)13-3-14-8(5)16(10)9-6(18)4(17)2-19-9/h3-4,6,9,17-18H,2H2,1H3,(H,12,15)(H2,11,13,14)/t4-,6-,9-/m1/s1. The number of imidazole rings is 1. The maximum Gasteiger partial charge on any atom is 0.206 e. The molecule has 0 amide bonds. The highest BCUT2D eigenvalue weighted by atomic mass is 32.2. The second-order valence-corrected chi connectivity index (χ2v) is 5.42. The Bertz CT molecular complexity index is 617. The molecule has 0 bridgehead atoms. The van der Waals surface area contributed by atoms with Gasteiger partial charge in [0.15, 0.2) is 17.0 Å². The van der Waals surface area contributed by atoms with Crippen molar-refractivity contribution in [1.29, 1.82) is 0 Å². The lowest BCUT2D eigenvalue weighted by Crippen LogP contribution is -2.28. The largest absolute Gasteiger partial charge is 0.389 e. The van der Waals surface area contributed by atoms with Crippen LogP contribution in [0.15, 0.2) is 6.33 Å². The summed E-state index contributed by atoms with van der Waals surface area (Å²) in [5.74, 6) is 1.29. The number of anilines is 2. The van der Waals surface area contributed by atoms with E-state index < -0.39 is 12.2 Å². The predicted molar refractivity (Wildman–Crippen MR) is 72.8 cm³/mol. The highest BCUT2D eigenvalue weighted by Gasteiger charge is 2.37. The molecule has 0 aliphatic carbocycles. The molecule has 0 spiro atoms. The van der Waals surface area contributed by atoms with Crippen LogP contribution < -0.4 is 11.1 Å². The van der Waals surface area contributed by atoms with Crippen LogP contribution in [0.2, 0.25) is 0 Å². The number of nitrogen functional groups attached to an aromatic ring is 1. The third-order valence-electron chi connectivity index (χ3n) is 3.11. The number of thioether (sulfide) groups is 1. The molecule has 2 aromatic heterocycles. The van der Waals surface area contributed by atoms with E-state index >= 15 is 0 Å². The van der Waals surface area contributed by atoms with Crippen molar-refractivity contribution in [2.45, 2.75) is 17.6 Å². The fourth-order valence-electron chi connectivity index (χ4n) is 2.16. The number of nitrogens with zero attached hydrogens (tertiary/aromatic N) is 4. The second-order valence-electron chi connectivity index (χ2n) is 4.27. The van der Waals surface area contributed by atoms with Crippen molar-refractivity contribution in [3.63, 3.8) is 0 Å². The van der Waals surface area contributed by atoms with Crippen molar-refractivity contribution >= 4 is 34.7 Å². The lowest BCUT2D eigenvalue weighted by atomic mass is 10.2. The van der Waals surface area contributed by atoms with Crippen molar-refractivity contribution in [1.82, 2.24) is 19.5 Å². The number of rotatable bonds is 2. The zero-order valence-electron chi connectivity index (χ0n) is 10.2. The number of aliphatic hydroxyl groups is 2. The Labute approximate surface area is 113 Å². The van der Waals surface area contributed by atoms with Gasteiger partial charge in [0.2, 0.25) is 5.95 Å². The van der Waals surface area contributed by atoms with Crippen LogP contribution in [0.5, 0.6) is 0 Å². The normalized spacial score (nSPS) is 27.0. The van der Waals surface area contributed by atoms with Crippen molar-refractivity contribution in [2.75, 3.05) is 23.9 Å². The van der Waals surface area contributed by atoms with Crippen molar-refractivity contribution in [2.24, 2.45) is 0 Å². The van der Waals surface area contributed by atoms with Crippen LogP contribution in [-0.2, 0) is 0 Å². The number of aromatic nitrogens is 4. The minimum atomic E-state index is -0.870. The Hall–Kier alpha value is -1.58. The van der Waals surface area contributed by atoms with Crippen LogP contribution in [0.3, 0.4) is 0 Å². The number of nitrogens with two attached hydrogens (primary N) is 1. The van der Waals surface area contributed by atoms with Crippen molar-refractivity contribution < 1.29 is 10.2 Å². The first kappa shape index (κ1) is 12.5. The van der Waals surface area contributed by atoms with E-state index in [2.05, 4.69) is 20.3 Å². The summed E-state index contributed by atoms with van der Waals surface area (Å²) in [5.41, 5.74) is 6.81. The smallest absolute Gasteiger partial charge is 0.206 e. The summed E-state index contributed by atoms with van der Waals surface area (Å²) in [5, 5.41) is 22.3. The summed E-state index contributed by atoms with van der Waals surface area (Å²) in [6, 6.07) is 0. The van der Waals surface area contributed by atoms with Gasteiger partial charge in [0.05, 0.1) is 6.10 Å². The molecule has 3 rings (SSSR count). The molecule has 5 N–H and O–H groups in total. The molecule has 8 nitrogen and oxygen atoms in total. The van der Waals surface area contributed by atoms with Gasteiger partial charge in [-0.15, -0.1) is 11.8 Å². The first-order valence-corrected chi connectivity index (χ1v) is 6.82. The number of aliphatic hydroxyl groups excluding tert-OH is 2. The highest BCUT2D eigenvalue weighted by Crippen LogP contribution is 2.40. The fraction of sp³-hybridized carbons (Fsp3) is 0.500. The van der Waals surface area contributed by atoms with Crippen LogP contribution in [0.1, 0.15) is 5.37 Å². The molecule has 19 heavy (non-hydrogen) atoms. The van der Waals surface area contributed by atoms with Crippen LogP contribution in [0, 0.1) is 0 Å². The monoisotopic (exact) mass is 282 g/mol. The van der Waals surface area contributed by atoms with E-state index in [1.165, 1.54) is 18.1 Å². The molecule has 0 radical (unpaired) electrons. The molecule has 0 saturated carbocycles. The third kappa shape index (κ3) is 1.81. The maximum absolute atomic E-state index is 10.1. The summed E-state index contributed by atoms with van der Waals surface area (Å²) >= 11 is 1.45. The van der Waals surface area contributed by atoms with Crippen molar-refractivity contribution in [3.05, 3.63) is 6.33 Å². The van der Waals surface area contributed by atoms with E-state index in [4.69, 9.17) is 5.73 Å². The molecule has 2 aromatic rings. The molecule has 9 heteroatoms. The average molecular weight is 282 g/mol. The molecular formula is C10H14N6O2S. The summed E-state index contributed by atoms with van der Waals surface area (Å²) < 4.78 is 1.75. The maximum atomic E-state index is 10.1. The van der Waals surface area contributed by atoms with Crippen LogP contribution in [0.4, 0.5) is 11.8 Å². The van der Waals surface area contributed by atoms with E-state index in [9.17, 15) is 10.2 Å². The first-order chi connectivity index (χ1) is 9.13. The molecule has 1 saturated heterocycles. The second kappa shape index (κ2) is 4.51. The van der Waals surface area contributed by atoms with E-state index in [0.29, 0.717) is 28.7 Å². The lowest BCUT2D eigenvalue weighted by Gasteiger charge is -2.19. The van der Waals surface area contributed by atoms with Gasteiger partial charge >= 0.3 is 0 Å². The van der Waals surface area contributed by atoms with Gasteiger partial charge in [0.1, 0.15) is 17.8 Å².